The molecular formula is C8H14ClFO2. The van der Waals surface area contributed by atoms with E-state index in [1.54, 1.807) is 0 Å². The van der Waals surface area contributed by atoms with Gasteiger partial charge in [0.25, 0.3) is 0 Å². The number of esters is 1. The molecule has 12 heavy (non-hydrogen) atoms. The van der Waals surface area contributed by atoms with Crippen LogP contribution in [0.4, 0.5) is 4.39 Å². The molecule has 2 nitrogen and oxygen atoms in total. The fourth-order valence-corrected chi connectivity index (χ4v) is 0.647. The van der Waals surface area contributed by atoms with Crippen molar-refractivity contribution >= 4 is 17.6 Å². The average Bonchev–Trinajstić information content (AvgIpc) is 2.03. The third kappa shape index (κ3) is 4.54. The summed E-state index contributed by atoms with van der Waals surface area (Å²) in [5.74, 6) is -0.667. The first-order valence-corrected chi connectivity index (χ1v) is 4.48. The van der Waals surface area contributed by atoms with Crippen molar-refractivity contribution in [1.82, 2.24) is 0 Å². The van der Waals surface area contributed by atoms with E-state index in [0.29, 0.717) is 6.61 Å². The van der Waals surface area contributed by atoms with Crippen molar-refractivity contribution < 1.29 is 13.9 Å². The molecule has 0 heterocycles. The van der Waals surface area contributed by atoms with E-state index >= 15 is 0 Å². The minimum Gasteiger partial charge on any atom is -0.465 e. The van der Waals surface area contributed by atoms with E-state index in [9.17, 15) is 9.18 Å². The largest absolute Gasteiger partial charge is 0.465 e. The van der Waals surface area contributed by atoms with Crippen LogP contribution in [0.15, 0.2) is 0 Å². The molecule has 0 aromatic heterocycles. The van der Waals surface area contributed by atoms with Crippen molar-refractivity contribution in [3.8, 4) is 0 Å². The molecule has 0 N–H and O–H groups in total. The zero-order valence-corrected chi connectivity index (χ0v) is 8.10. The van der Waals surface area contributed by atoms with E-state index in [1.807, 2.05) is 6.92 Å². The minimum atomic E-state index is -1.36. The van der Waals surface area contributed by atoms with E-state index in [0.717, 1.165) is 12.8 Å². The molecule has 4 heteroatoms. The lowest BCUT2D eigenvalue weighted by atomic mass is 10.3. The summed E-state index contributed by atoms with van der Waals surface area (Å²) in [6, 6.07) is 0. The minimum absolute atomic E-state index is 0.325. The summed E-state index contributed by atoms with van der Waals surface area (Å²) in [4.78, 5) is 10.9. The summed E-state index contributed by atoms with van der Waals surface area (Å²) in [5.41, 5.74) is 0. The van der Waals surface area contributed by atoms with Crippen LogP contribution in [0, 0.1) is 0 Å². The molecule has 0 aromatic carbocycles. The fourth-order valence-electron chi connectivity index (χ4n) is 0.584. The lowest BCUT2D eigenvalue weighted by molar-refractivity contribution is -0.144. The Balaban J connectivity index is 3.57. The molecule has 0 saturated carbocycles. The van der Waals surface area contributed by atoms with Gasteiger partial charge in [0, 0.05) is 0 Å². The van der Waals surface area contributed by atoms with Gasteiger partial charge in [0.15, 0.2) is 5.38 Å². The van der Waals surface area contributed by atoms with Crippen molar-refractivity contribution in [1.29, 1.82) is 0 Å². The Kier molecular flexibility index (Phi) is 6.07. The van der Waals surface area contributed by atoms with Gasteiger partial charge in [-0.05, 0) is 13.3 Å². The van der Waals surface area contributed by atoms with Crippen LogP contribution in [0.3, 0.4) is 0 Å². The van der Waals surface area contributed by atoms with Crippen molar-refractivity contribution in [3.05, 3.63) is 0 Å². The first-order valence-electron chi connectivity index (χ1n) is 4.04. The van der Waals surface area contributed by atoms with Gasteiger partial charge in [-0.2, -0.15) is 0 Å². The maximum absolute atomic E-state index is 12.4. The van der Waals surface area contributed by atoms with Crippen LogP contribution in [-0.2, 0) is 9.53 Å². The van der Waals surface area contributed by atoms with E-state index in [2.05, 4.69) is 0 Å². The Morgan fingerprint density at radius 3 is 2.67 bits per heavy atom. The van der Waals surface area contributed by atoms with Crippen LogP contribution in [0.1, 0.15) is 26.7 Å². The first kappa shape index (κ1) is 11.7. The molecular weight excluding hydrogens is 183 g/mol. The van der Waals surface area contributed by atoms with Crippen LogP contribution >= 0.6 is 11.6 Å². The number of halogens is 2. The molecule has 0 amide bonds. The number of hydrogen-bond donors (Lipinski definition) is 0. The number of ether oxygens (including phenoxy) is 1. The van der Waals surface area contributed by atoms with Crippen LogP contribution in [0.25, 0.3) is 0 Å². The van der Waals surface area contributed by atoms with Gasteiger partial charge in [0.2, 0.25) is 0 Å². The summed E-state index contributed by atoms with van der Waals surface area (Å²) in [6.07, 6.45) is 0.363. The summed E-state index contributed by atoms with van der Waals surface area (Å²) < 4.78 is 17.1. The van der Waals surface area contributed by atoms with Gasteiger partial charge < -0.3 is 4.74 Å². The van der Waals surface area contributed by atoms with Crippen molar-refractivity contribution in [3.63, 3.8) is 0 Å². The molecule has 0 aromatic rings. The highest BCUT2D eigenvalue weighted by Gasteiger charge is 2.23. The molecule has 2 unspecified atom stereocenters. The number of alkyl halides is 2. The highest BCUT2D eigenvalue weighted by molar-refractivity contribution is 6.30. The van der Waals surface area contributed by atoms with E-state index in [4.69, 9.17) is 16.3 Å². The van der Waals surface area contributed by atoms with Crippen molar-refractivity contribution in [2.24, 2.45) is 0 Å². The normalized spacial score (nSPS) is 15.3. The lowest BCUT2D eigenvalue weighted by Crippen LogP contribution is -2.26. The lowest BCUT2D eigenvalue weighted by Gasteiger charge is -2.09. The fraction of sp³-hybridized carbons (Fsp3) is 0.875. The van der Waals surface area contributed by atoms with E-state index < -0.39 is 17.5 Å². The Labute approximate surface area is 77.0 Å². The summed E-state index contributed by atoms with van der Waals surface area (Å²) in [7, 11) is 0. The van der Waals surface area contributed by atoms with E-state index in [-0.39, 0.29) is 0 Å². The molecule has 72 valence electrons. The molecule has 0 aliphatic heterocycles. The monoisotopic (exact) mass is 196 g/mol. The third-order valence-corrected chi connectivity index (χ3v) is 1.90. The molecule has 0 spiro atoms. The highest BCUT2D eigenvalue weighted by atomic mass is 35.5. The number of carbonyl (C=O) groups excluding carboxylic acids is 1. The maximum Gasteiger partial charge on any atom is 0.327 e. The highest BCUT2D eigenvalue weighted by Crippen LogP contribution is 2.08. The first-order chi connectivity index (χ1) is 5.59. The average molecular weight is 197 g/mol. The van der Waals surface area contributed by atoms with Crippen LogP contribution in [0.5, 0.6) is 0 Å². The standard InChI is InChI=1S/C8H14ClFO2/c1-3-4-5-12-8(11)7(9)6(2)10/h6-7H,3-5H2,1-2H3. The molecule has 2 atom stereocenters. The molecule has 0 radical (unpaired) electrons. The maximum atomic E-state index is 12.4. The predicted octanol–water partition coefficient (Wildman–Crippen LogP) is 2.30. The van der Waals surface area contributed by atoms with Crippen LogP contribution < -0.4 is 0 Å². The van der Waals surface area contributed by atoms with Gasteiger partial charge in [0.05, 0.1) is 6.61 Å². The van der Waals surface area contributed by atoms with Crippen molar-refractivity contribution in [2.75, 3.05) is 6.61 Å². The quantitative estimate of drug-likeness (QED) is 0.383. The second-order valence-corrected chi connectivity index (χ2v) is 3.07. The van der Waals surface area contributed by atoms with Gasteiger partial charge in [0.1, 0.15) is 6.17 Å². The molecule has 0 bridgehead atoms. The van der Waals surface area contributed by atoms with E-state index in [1.165, 1.54) is 6.92 Å². The zero-order chi connectivity index (χ0) is 9.56. The van der Waals surface area contributed by atoms with Crippen molar-refractivity contribution in [2.45, 2.75) is 38.2 Å². The molecule has 0 aliphatic rings. The van der Waals surface area contributed by atoms with Gasteiger partial charge in [-0.1, -0.05) is 13.3 Å². The Morgan fingerprint density at radius 2 is 2.25 bits per heavy atom. The summed E-state index contributed by atoms with van der Waals surface area (Å²) in [5, 5.41) is -1.16. The summed E-state index contributed by atoms with van der Waals surface area (Å²) >= 11 is 5.40. The third-order valence-electron chi connectivity index (χ3n) is 1.37. The Hall–Kier alpha value is -0.310. The molecule has 0 aliphatic carbocycles. The smallest absolute Gasteiger partial charge is 0.327 e. The number of rotatable bonds is 5. The van der Waals surface area contributed by atoms with Gasteiger partial charge in [-0.3, -0.25) is 4.79 Å². The molecule has 0 rings (SSSR count). The summed E-state index contributed by atoms with van der Waals surface area (Å²) in [6.45, 7) is 3.54. The molecule has 0 fully saturated rings. The topological polar surface area (TPSA) is 26.3 Å². The SMILES string of the molecule is CCCCOC(=O)C(Cl)C(C)F. The van der Waals surface area contributed by atoms with Gasteiger partial charge >= 0.3 is 5.97 Å². The number of carbonyl (C=O) groups is 1. The van der Waals surface area contributed by atoms with Gasteiger partial charge in [-0.15, -0.1) is 11.6 Å². The van der Waals surface area contributed by atoms with Gasteiger partial charge in [-0.25, -0.2) is 4.39 Å². The van der Waals surface area contributed by atoms with Crippen LogP contribution in [0.2, 0.25) is 0 Å². The zero-order valence-electron chi connectivity index (χ0n) is 7.35. The second kappa shape index (κ2) is 6.23. The number of unbranched alkanes of at least 4 members (excludes halogenated alkanes) is 1. The predicted molar refractivity (Wildman–Crippen MR) is 46.1 cm³/mol. The molecule has 0 saturated heterocycles. The number of hydrogen-bond acceptors (Lipinski definition) is 2. The second-order valence-electron chi connectivity index (χ2n) is 2.60. The van der Waals surface area contributed by atoms with Crippen LogP contribution in [-0.4, -0.2) is 24.1 Å². The Morgan fingerprint density at radius 1 is 1.67 bits per heavy atom. The Bertz CT molecular complexity index is 139.